The van der Waals surface area contributed by atoms with Crippen LogP contribution in [0, 0.1) is 40.5 Å². The fraction of sp³-hybridized carbons (Fsp3) is 0.250. The summed E-state index contributed by atoms with van der Waals surface area (Å²) in [5, 5.41) is 44.5. The van der Waals surface area contributed by atoms with Crippen LogP contribution in [0.3, 0.4) is 0 Å². The van der Waals surface area contributed by atoms with Gasteiger partial charge < -0.3 is 0 Å². The van der Waals surface area contributed by atoms with Gasteiger partial charge in [0.25, 0.3) is 0 Å². The van der Waals surface area contributed by atoms with E-state index in [1.807, 2.05) is 15.9 Å². The van der Waals surface area contributed by atoms with E-state index in [2.05, 4.69) is 0 Å². The van der Waals surface area contributed by atoms with Crippen LogP contribution >= 0.6 is 15.9 Å². The van der Waals surface area contributed by atoms with E-state index in [9.17, 15) is 40.5 Å². The molecule has 0 amide bonds. The fourth-order valence-electron chi connectivity index (χ4n) is 1.69. The highest BCUT2D eigenvalue weighted by Crippen LogP contribution is 2.43. The molecule has 0 saturated carbocycles. The summed E-state index contributed by atoms with van der Waals surface area (Å²) in [6.45, 7) is 0. The first-order valence-corrected chi connectivity index (χ1v) is 5.75. The van der Waals surface area contributed by atoms with Gasteiger partial charge in [0, 0.05) is 0 Å². The summed E-state index contributed by atoms with van der Waals surface area (Å²) in [7, 11) is 0. The van der Waals surface area contributed by atoms with Crippen molar-refractivity contribution in [3.05, 3.63) is 76.4 Å². The molecule has 0 fully saturated rings. The zero-order valence-corrected chi connectivity index (χ0v) is 11.4. The molecule has 112 valence electrons. The Morgan fingerprint density at radius 2 is 1.14 bits per heavy atom. The summed E-state index contributed by atoms with van der Waals surface area (Å²) in [5.74, 6) is 0. The molecule has 0 atom stereocenters. The number of hydrogen-bond acceptors (Lipinski definition) is 8. The van der Waals surface area contributed by atoms with E-state index in [0.29, 0.717) is 0 Å². The molecule has 0 spiro atoms. The number of benzene rings is 1. The summed E-state index contributed by atoms with van der Waals surface area (Å²) < 4.78 is -3.88. The van der Waals surface area contributed by atoms with Crippen LogP contribution in [0.25, 0.3) is 0 Å². The van der Waals surface area contributed by atoms with Crippen molar-refractivity contribution in [2.75, 3.05) is 0 Å². The minimum atomic E-state index is -3.88. The summed E-state index contributed by atoms with van der Waals surface area (Å²) >= 11 is 1.99. The smallest absolute Gasteiger partial charge is 0.258 e. The average molecular weight is 365 g/mol. The van der Waals surface area contributed by atoms with Crippen molar-refractivity contribution in [3.8, 4) is 0 Å². The molecule has 1 aromatic carbocycles. The van der Waals surface area contributed by atoms with E-state index in [-0.39, 0.29) is 0 Å². The largest absolute Gasteiger partial charge is 0.653 e. The molecule has 0 radical (unpaired) electrons. The van der Waals surface area contributed by atoms with E-state index in [0.717, 1.165) is 24.3 Å². The third-order valence-electron chi connectivity index (χ3n) is 2.63. The Hall–Kier alpha value is -2.70. The van der Waals surface area contributed by atoms with Gasteiger partial charge >= 0.3 is 10.2 Å². The van der Waals surface area contributed by atoms with Gasteiger partial charge in [-0.1, -0.05) is 18.2 Å². The predicted molar refractivity (Wildman–Crippen MR) is 67.8 cm³/mol. The molecule has 0 bridgehead atoms. The molecule has 0 aliphatic carbocycles. The highest BCUT2D eigenvalue weighted by molar-refractivity contribution is 9.09. The van der Waals surface area contributed by atoms with Crippen molar-refractivity contribution < 1.29 is 19.7 Å². The normalized spacial score (nSPS) is 11.7. The molecule has 1 aromatic rings. The first kappa shape index (κ1) is 16.4. The van der Waals surface area contributed by atoms with Gasteiger partial charge in [0.2, 0.25) is 0 Å². The molecule has 1 rings (SSSR count). The van der Waals surface area contributed by atoms with Crippen molar-refractivity contribution >= 4 is 15.9 Å². The molecule has 21 heavy (non-hydrogen) atoms. The Bertz CT molecular complexity index is 592. The van der Waals surface area contributed by atoms with Crippen molar-refractivity contribution in [1.29, 1.82) is 0 Å². The molecule has 0 aliphatic rings. The highest BCUT2D eigenvalue weighted by Gasteiger charge is 2.91. The third kappa shape index (κ3) is 2.06. The van der Waals surface area contributed by atoms with Crippen LogP contribution in [0.2, 0.25) is 0 Å². The van der Waals surface area contributed by atoms with Crippen LogP contribution in [-0.2, 0) is 5.66 Å². The topological polar surface area (TPSA) is 173 Å². The summed E-state index contributed by atoms with van der Waals surface area (Å²) in [4.78, 5) is 37.7. The number of halogens is 1. The second-order valence-electron chi connectivity index (χ2n) is 3.65. The maximum absolute atomic E-state index is 11.2. The highest BCUT2D eigenvalue weighted by atomic mass is 79.9. The quantitative estimate of drug-likeness (QED) is 0.236. The minimum absolute atomic E-state index is 0.815. The maximum Gasteiger partial charge on any atom is 0.653 e. The SMILES string of the molecule is O=[N+]([O-])C(Br)([N+](=O)[O-])C(c1ccccc1)([N+](=O)[O-])[N+](=O)[O-]. The molecule has 0 heterocycles. The van der Waals surface area contributed by atoms with Crippen molar-refractivity contribution in [2.45, 2.75) is 10.2 Å². The number of hydrogen-bond donors (Lipinski definition) is 0. The first-order valence-electron chi connectivity index (χ1n) is 4.95. The Kier molecular flexibility index (Phi) is 4.17. The summed E-state index contributed by atoms with van der Waals surface area (Å²) in [6.07, 6.45) is 0. The number of nitro groups is 4. The van der Waals surface area contributed by atoms with E-state index in [1.54, 1.807) is 0 Å². The molecule has 13 heteroatoms. The lowest BCUT2D eigenvalue weighted by Gasteiger charge is -2.20. The van der Waals surface area contributed by atoms with Gasteiger partial charge in [-0.05, 0) is 12.1 Å². The molecule has 0 aromatic heterocycles. The zero-order chi connectivity index (χ0) is 16.4. The van der Waals surface area contributed by atoms with Crippen LogP contribution in [0.5, 0.6) is 0 Å². The molecule has 0 aliphatic heterocycles. The van der Waals surface area contributed by atoms with E-state index < -0.39 is 35.5 Å². The van der Waals surface area contributed by atoms with E-state index in [4.69, 9.17) is 0 Å². The van der Waals surface area contributed by atoms with Crippen molar-refractivity contribution in [3.63, 3.8) is 0 Å². The van der Waals surface area contributed by atoms with Gasteiger partial charge in [0.15, 0.2) is 0 Å². The minimum Gasteiger partial charge on any atom is -0.258 e. The molecule has 0 N–H and O–H groups in total. The number of nitrogens with zero attached hydrogens (tertiary/aromatic N) is 4. The predicted octanol–water partition coefficient (Wildman–Crippen LogP) is 0.995. The second-order valence-corrected chi connectivity index (χ2v) is 4.76. The van der Waals surface area contributed by atoms with Crippen LogP contribution in [0.1, 0.15) is 5.56 Å². The van der Waals surface area contributed by atoms with Gasteiger partial charge in [-0.15, -0.1) is 0 Å². The molecule has 12 nitrogen and oxygen atoms in total. The average Bonchev–Trinajstić information content (AvgIpc) is 2.38. The third-order valence-corrected chi connectivity index (χ3v) is 3.76. The van der Waals surface area contributed by atoms with Gasteiger partial charge in [-0.25, -0.2) is 0 Å². The van der Waals surface area contributed by atoms with Gasteiger partial charge in [-0.3, -0.25) is 40.5 Å². The van der Waals surface area contributed by atoms with E-state index in [1.165, 1.54) is 6.07 Å². The van der Waals surface area contributed by atoms with Gasteiger partial charge in [0.1, 0.15) is 41.2 Å². The molecule has 0 unspecified atom stereocenters. The maximum atomic E-state index is 11.2. The standard InChI is InChI=1S/C8H5BrN4O8/c9-8(12(18)19,13(20)21)7(10(14)15,11(16)17)6-4-2-1-3-5-6/h1-5H. The number of alkyl halides is 1. The summed E-state index contributed by atoms with van der Waals surface area (Å²) in [6, 6.07) is 5.25. The van der Waals surface area contributed by atoms with Crippen LogP contribution in [0.4, 0.5) is 0 Å². The Morgan fingerprint density at radius 1 is 0.762 bits per heavy atom. The second kappa shape index (κ2) is 5.35. The van der Waals surface area contributed by atoms with Gasteiger partial charge in [-0.2, -0.15) is 0 Å². The summed E-state index contributed by atoms with van der Waals surface area (Å²) in [5.41, 5.74) is -4.66. The zero-order valence-electron chi connectivity index (χ0n) is 9.82. The van der Waals surface area contributed by atoms with E-state index >= 15 is 0 Å². The molecular weight excluding hydrogens is 360 g/mol. The monoisotopic (exact) mass is 364 g/mol. The van der Waals surface area contributed by atoms with Crippen LogP contribution in [0.15, 0.2) is 30.3 Å². The Balaban J connectivity index is 3.92. The molecular formula is C8H5BrN4O8. The van der Waals surface area contributed by atoms with Crippen LogP contribution in [-0.4, -0.2) is 24.3 Å². The van der Waals surface area contributed by atoms with Crippen molar-refractivity contribution in [2.24, 2.45) is 0 Å². The Labute approximate surface area is 123 Å². The molecule has 0 saturated heterocycles. The van der Waals surface area contributed by atoms with Crippen LogP contribution < -0.4 is 0 Å². The number of rotatable bonds is 6. The van der Waals surface area contributed by atoms with Gasteiger partial charge in [0.05, 0.1) is 0 Å². The Morgan fingerprint density at radius 3 is 1.43 bits per heavy atom. The fourth-order valence-corrected chi connectivity index (χ4v) is 2.20. The van der Waals surface area contributed by atoms with Crippen molar-refractivity contribution in [1.82, 2.24) is 0 Å². The first-order chi connectivity index (χ1) is 9.63. The lowest BCUT2D eigenvalue weighted by atomic mass is 9.97. The lowest BCUT2D eigenvalue weighted by Crippen LogP contribution is -2.65. The lowest BCUT2D eigenvalue weighted by molar-refractivity contribution is -0.923.